The van der Waals surface area contributed by atoms with E-state index in [1.807, 2.05) is 19.6 Å². The fourth-order valence-electron chi connectivity index (χ4n) is 1.80. The van der Waals surface area contributed by atoms with Crippen LogP contribution in [0.3, 0.4) is 0 Å². The Bertz CT molecular complexity index is 522. The Kier molecular flexibility index (Phi) is 4.04. The molecule has 102 valence electrons. The topological polar surface area (TPSA) is 51.5 Å². The lowest BCUT2D eigenvalue weighted by Gasteiger charge is -2.24. The van der Waals surface area contributed by atoms with Crippen molar-refractivity contribution in [2.45, 2.75) is 25.7 Å². The molecule has 0 bridgehead atoms. The minimum Gasteiger partial charge on any atom is -0.486 e. The van der Waals surface area contributed by atoms with Crippen molar-refractivity contribution in [2.75, 3.05) is 13.2 Å². The van der Waals surface area contributed by atoms with Gasteiger partial charge in [-0.25, -0.2) is 0 Å². The fraction of sp³-hybridized carbons (Fsp3) is 0.462. The largest absolute Gasteiger partial charge is 0.486 e. The zero-order valence-electron chi connectivity index (χ0n) is 11.2. The maximum atomic E-state index is 9.27. The Morgan fingerprint density at radius 2 is 2.00 bits per heavy atom. The first-order chi connectivity index (χ1) is 8.90. The zero-order chi connectivity index (χ0) is 14.0. The molecular formula is C13H16ClNO3Si. The van der Waals surface area contributed by atoms with Crippen molar-refractivity contribution in [3.05, 3.63) is 22.7 Å². The van der Waals surface area contributed by atoms with Gasteiger partial charge < -0.3 is 13.9 Å². The minimum atomic E-state index is -1.81. The van der Waals surface area contributed by atoms with Crippen LogP contribution in [0.1, 0.15) is 11.7 Å². The number of nitrogens with zero attached hydrogens (tertiary/aromatic N) is 1. The molecule has 0 fully saturated rings. The summed E-state index contributed by atoms with van der Waals surface area (Å²) < 4.78 is 16.8. The van der Waals surface area contributed by atoms with Crippen molar-refractivity contribution in [1.82, 2.24) is 0 Å². The van der Waals surface area contributed by atoms with Gasteiger partial charge in [0.15, 0.2) is 25.9 Å². The van der Waals surface area contributed by atoms with Crippen molar-refractivity contribution in [3.63, 3.8) is 0 Å². The van der Waals surface area contributed by atoms with Crippen LogP contribution in [0.25, 0.3) is 0 Å². The molecule has 0 saturated carbocycles. The molecule has 1 atom stereocenters. The van der Waals surface area contributed by atoms with Crippen molar-refractivity contribution in [3.8, 4) is 17.6 Å². The molecule has 1 aromatic carbocycles. The molecule has 2 rings (SSSR count). The molecule has 1 unspecified atom stereocenters. The van der Waals surface area contributed by atoms with E-state index in [1.165, 1.54) is 0 Å². The van der Waals surface area contributed by atoms with E-state index in [2.05, 4.69) is 6.07 Å². The second kappa shape index (κ2) is 5.41. The van der Waals surface area contributed by atoms with Gasteiger partial charge in [-0.2, -0.15) is 5.26 Å². The summed E-state index contributed by atoms with van der Waals surface area (Å²) >= 11 is 6.16. The van der Waals surface area contributed by atoms with Crippen LogP contribution in [0.2, 0.25) is 24.7 Å². The lowest BCUT2D eigenvalue weighted by atomic mass is 10.1. The molecule has 0 radical (unpaired) electrons. The summed E-state index contributed by atoms with van der Waals surface area (Å²) in [6.07, 6.45) is -0.625. The summed E-state index contributed by atoms with van der Waals surface area (Å²) in [6.45, 7) is 7.09. The van der Waals surface area contributed by atoms with E-state index >= 15 is 0 Å². The molecule has 0 amide bonds. The summed E-state index contributed by atoms with van der Waals surface area (Å²) in [7, 11) is -1.81. The molecule has 1 heterocycles. The molecule has 6 heteroatoms. The Morgan fingerprint density at radius 1 is 1.32 bits per heavy atom. The highest BCUT2D eigenvalue weighted by Gasteiger charge is 2.25. The van der Waals surface area contributed by atoms with Crippen LogP contribution in [-0.4, -0.2) is 21.5 Å². The standard InChI is InChI=1S/C13H16ClNO3Si/c1-19(2,3)18-12(8-15)9-6-10(14)13-11(7-9)16-4-5-17-13/h6-7,12H,4-5H2,1-3H3. The van der Waals surface area contributed by atoms with E-state index in [1.54, 1.807) is 12.1 Å². The summed E-state index contributed by atoms with van der Waals surface area (Å²) in [5, 5.41) is 9.72. The van der Waals surface area contributed by atoms with E-state index in [0.717, 1.165) is 0 Å². The molecule has 1 aliphatic heterocycles. The van der Waals surface area contributed by atoms with Gasteiger partial charge in [0, 0.05) is 0 Å². The Labute approximate surface area is 119 Å². The average Bonchev–Trinajstić information content (AvgIpc) is 2.35. The van der Waals surface area contributed by atoms with E-state index in [4.69, 9.17) is 25.5 Å². The molecule has 0 spiro atoms. The smallest absolute Gasteiger partial charge is 0.186 e. The number of nitriles is 1. The number of hydrogen-bond acceptors (Lipinski definition) is 4. The second-order valence-electron chi connectivity index (χ2n) is 5.27. The quantitative estimate of drug-likeness (QED) is 0.801. The van der Waals surface area contributed by atoms with Crippen LogP contribution in [0, 0.1) is 11.3 Å². The number of hydrogen-bond donors (Lipinski definition) is 0. The Balaban J connectivity index is 2.34. The Hall–Kier alpha value is -1.22. The second-order valence-corrected chi connectivity index (χ2v) is 10.1. The number of fused-ring (bicyclic) bond motifs is 1. The zero-order valence-corrected chi connectivity index (χ0v) is 13.0. The van der Waals surface area contributed by atoms with Crippen molar-refractivity contribution in [1.29, 1.82) is 5.26 Å². The van der Waals surface area contributed by atoms with Gasteiger partial charge in [-0.15, -0.1) is 0 Å². The highest BCUT2D eigenvalue weighted by Crippen LogP contribution is 2.40. The molecule has 1 aliphatic rings. The molecule has 0 saturated heterocycles. The third-order valence-corrected chi connectivity index (χ3v) is 3.73. The van der Waals surface area contributed by atoms with Crippen LogP contribution >= 0.6 is 11.6 Å². The number of rotatable bonds is 3. The van der Waals surface area contributed by atoms with Crippen molar-refractivity contribution in [2.24, 2.45) is 0 Å². The number of ether oxygens (including phenoxy) is 2. The molecule has 19 heavy (non-hydrogen) atoms. The van der Waals surface area contributed by atoms with Gasteiger partial charge in [0.05, 0.1) is 11.1 Å². The summed E-state index contributed by atoms with van der Waals surface area (Å²) in [5.74, 6) is 1.12. The Morgan fingerprint density at radius 3 is 2.63 bits per heavy atom. The first-order valence-corrected chi connectivity index (χ1v) is 9.86. The molecule has 0 aromatic heterocycles. The van der Waals surface area contributed by atoms with Crippen molar-refractivity contribution >= 4 is 19.9 Å². The van der Waals surface area contributed by atoms with E-state index < -0.39 is 14.4 Å². The number of benzene rings is 1. The van der Waals surface area contributed by atoms with Gasteiger partial charge >= 0.3 is 0 Å². The number of halogens is 1. The predicted molar refractivity (Wildman–Crippen MR) is 75.2 cm³/mol. The molecule has 0 aliphatic carbocycles. The predicted octanol–water partition coefficient (Wildman–Crippen LogP) is 3.53. The van der Waals surface area contributed by atoms with Gasteiger partial charge in [-0.3, -0.25) is 0 Å². The summed E-state index contributed by atoms with van der Waals surface area (Å²) in [4.78, 5) is 0. The lowest BCUT2D eigenvalue weighted by Crippen LogP contribution is -2.27. The van der Waals surface area contributed by atoms with Gasteiger partial charge in [0.25, 0.3) is 0 Å². The van der Waals surface area contributed by atoms with Crippen LogP contribution in [-0.2, 0) is 4.43 Å². The highest BCUT2D eigenvalue weighted by molar-refractivity contribution is 6.69. The fourth-order valence-corrected chi connectivity index (χ4v) is 2.97. The maximum absolute atomic E-state index is 9.27. The van der Waals surface area contributed by atoms with Crippen molar-refractivity contribution < 1.29 is 13.9 Å². The lowest BCUT2D eigenvalue weighted by molar-refractivity contribution is 0.170. The van der Waals surface area contributed by atoms with Crippen LogP contribution in [0.5, 0.6) is 11.5 Å². The van der Waals surface area contributed by atoms with Gasteiger partial charge in [0.1, 0.15) is 13.2 Å². The molecule has 0 N–H and O–H groups in total. The van der Waals surface area contributed by atoms with Gasteiger partial charge in [-0.05, 0) is 37.3 Å². The first-order valence-electron chi connectivity index (χ1n) is 6.07. The molecule has 4 nitrogen and oxygen atoms in total. The van der Waals surface area contributed by atoms with E-state index in [-0.39, 0.29) is 0 Å². The van der Waals surface area contributed by atoms with Gasteiger partial charge in [-0.1, -0.05) is 11.6 Å². The molecule has 1 aromatic rings. The van der Waals surface area contributed by atoms with Crippen LogP contribution in [0.4, 0.5) is 0 Å². The third-order valence-electron chi connectivity index (χ3n) is 2.51. The maximum Gasteiger partial charge on any atom is 0.186 e. The third kappa shape index (κ3) is 3.41. The normalized spacial score (nSPS) is 15.7. The average molecular weight is 298 g/mol. The summed E-state index contributed by atoms with van der Waals surface area (Å²) in [5.41, 5.74) is 0.708. The SMILES string of the molecule is C[Si](C)(C)OC(C#N)c1cc(Cl)c2c(c1)OCCO2. The van der Waals surface area contributed by atoms with Crippen LogP contribution < -0.4 is 9.47 Å². The molecular weight excluding hydrogens is 282 g/mol. The van der Waals surface area contributed by atoms with Gasteiger partial charge in [0.2, 0.25) is 0 Å². The monoisotopic (exact) mass is 297 g/mol. The minimum absolute atomic E-state index is 0.451. The van der Waals surface area contributed by atoms with E-state index in [0.29, 0.717) is 35.3 Å². The van der Waals surface area contributed by atoms with E-state index in [9.17, 15) is 5.26 Å². The highest BCUT2D eigenvalue weighted by atomic mass is 35.5. The first kappa shape index (κ1) is 14.2. The van der Waals surface area contributed by atoms with Crippen LogP contribution in [0.15, 0.2) is 12.1 Å². The summed E-state index contributed by atoms with van der Waals surface area (Å²) in [6, 6.07) is 5.65.